The number of anilines is 1. The molecule has 0 spiro atoms. The smallest absolute Gasteiger partial charge is 0.238 e. The highest BCUT2D eigenvalue weighted by molar-refractivity contribution is 6.30. The molecule has 0 aliphatic carbocycles. The number of benzene rings is 2. The van der Waals surface area contributed by atoms with Gasteiger partial charge in [0.1, 0.15) is 0 Å². The Labute approximate surface area is 153 Å². The molecular formula is C19H23ClN2O3. The van der Waals surface area contributed by atoms with Gasteiger partial charge in [0.25, 0.3) is 0 Å². The van der Waals surface area contributed by atoms with Crippen LogP contribution in [0.2, 0.25) is 5.02 Å². The fourth-order valence-corrected chi connectivity index (χ4v) is 2.54. The number of hydrogen-bond acceptors (Lipinski definition) is 4. The minimum absolute atomic E-state index is 0.0582. The monoisotopic (exact) mass is 362 g/mol. The minimum Gasteiger partial charge on any atom is -0.493 e. The van der Waals surface area contributed by atoms with Crippen molar-refractivity contribution in [2.45, 2.75) is 6.42 Å². The highest BCUT2D eigenvalue weighted by Crippen LogP contribution is 2.27. The average Bonchev–Trinajstić information content (AvgIpc) is 2.61. The normalized spacial score (nSPS) is 10.6. The Hall–Kier alpha value is -2.24. The van der Waals surface area contributed by atoms with E-state index in [9.17, 15) is 4.79 Å². The molecule has 1 N–H and O–H groups in total. The molecule has 2 aromatic carbocycles. The van der Waals surface area contributed by atoms with Crippen molar-refractivity contribution in [1.29, 1.82) is 0 Å². The van der Waals surface area contributed by atoms with Crippen molar-refractivity contribution in [2.24, 2.45) is 0 Å². The number of halogens is 1. The molecule has 0 saturated carbocycles. The lowest BCUT2D eigenvalue weighted by Gasteiger charge is -2.17. The third-order valence-electron chi connectivity index (χ3n) is 3.77. The van der Waals surface area contributed by atoms with Gasteiger partial charge in [-0.05, 0) is 55.4 Å². The molecular weight excluding hydrogens is 340 g/mol. The van der Waals surface area contributed by atoms with E-state index >= 15 is 0 Å². The molecule has 6 heteroatoms. The molecule has 2 aromatic rings. The van der Waals surface area contributed by atoms with Gasteiger partial charge in [-0.1, -0.05) is 17.7 Å². The number of likely N-dealkylation sites (N-methyl/N-ethyl adjacent to an activating group) is 1. The third-order valence-corrected chi connectivity index (χ3v) is 4.02. The van der Waals surface area contributed by atoms with Crippen LogP contribution in [0.4, 0.5) is 5.69 Å². The number of amides is 1. The number of carbonyl (C=O) groups is 1. The van der Waals surface area contributed by atoms with Gasteiger partial charge in [-0.15, -0.1) is 0 Å². The van der Waals surface area contributed by atoms with Gasteiger partial charge in [0.2, 0.25) is 5.91 Å². The van der Waals surface area contributed by atoms with Gasteiger partial charge in [0.15, 0.2) is 11.5 Å². The molecule has 1 amide bonds. The molecule has 0 heterocycles. The van der Waals surface area contributed by atoms with Crippen molar-refractivity contribution < 1.29 is 14.3 Å². The van der Waals surface area contributed by atoms with E-state index in [1.807, 2.05) is 30.1 Å². The molecule has 2 rings (SSSR count). The van der Waals surface area contributed by atoms with Gasteiger partial charge in [-0.3, -0.25) is 9.69 Å². The van der Waals surface area contributed by atoms with Crippen molar-refractivity contribution in [1.82, 2.24) is 4.90 Å². The minimum atomic E-state index is -0.0582. The highest BCUT2D eigenvalue weighted by Gasteiger charge is 2.09. The molecule has 0 bridgehead atoms. The van der Waals surface area contributed by atoms with Gasteiger partial charge in [0.05, 0.1) is 20.8 Å². The largest absolute Gasteiger partial charge is 0.493 e. The highest BCUT2D eigenvalue weighted by atomic mass is 35.5. The van der Waals surface area contributed by atoms with Gasteiger partial charge in [-0.25, -0.2) is 0 Å². The number of nitrogens with one attached hydrogen (secondary N) is 1. The zero-order chi connectivity index (χ0) is 18.2. The van der Waals surface area contributed by atoms with E-state index in [4.69, 9.17) is 21.1 Å². The van der Waals surface area contributed by atoms with Gasteiger partial charge >= 0.3 is 0 Å². The molecule has 0 atom stereocenters. The van der Waals surface area contributed by atoms with E-state index in [2.05, 4.69) is 5.32 Å². The summed E-state index contributed by atoms with van der Waals surface area (Å²) < 4.78 is 10.5. The molecule has 0 saturated heterocycles. The van der Waals surface area contributed by atoms with E-state index in [0.29, 0.717) is 23.1 Å². The van der Waals surface area contributed by atoms with Crippen LogP contribution in [-0.2, 0) is 11.2 Å². The summed E-state index contributed by atoms with van der Waals surface area (Å²) in [5.74, 6) is 1.36. The van der Waals surface area contributed by atoms with Crippen LogP contribution in [0.15, 0.2) is 42.5 Å². The summed E-state index contributed by atoms with van der Waals surface area (Å²) >= 11 is 5.83. The molecule has 0 radical (unpaired) electrons. The molecule has 0 unspecified atom stereocenters. The predicted octanol–water partition coefficient (Wildman–Crippen LogP) is 3.47. The zero-order valence-corrected chi connectivity index (χ0v) is 15.5. The Morgan fingerprint density at radius 1 is 1.08 bits per heavy atom. The molecule has 25 heavy (non-hydrogen) atoms. The van der Waals surface area contributed by atoms with Crippen molar-refractivity contribution in [3.8, 4) is 11.5 Å². The first-order valence-corrected chi connectivity index (χ1v) is 8.34. The number of methoxy groups -OCH3 is 2. The summed E-state index contributed by atoms with van der Waals surface area (Å²) in [6.07, 6.45) is 0.811. The van der Waals surface area contributed by atoms with Crippen molar-refractivity contribution in [3.63, 3.8) is 0 Å². The maximum Gasteiger partial charge on any atom is 0.238 e. The number of nitrogens with zero attached hydrogens (tertiary/aromatic N) is 1. The van der Waals surface area contributed by atoms with Crippen LogP contribution in [0.5, 0.6) is 11.5 Å². The van der Waals surface area contributed by atoms with Crippen LogP contribution in [0.1, 0.15) is 5.56 Å². The van der Waals surface area contributed by atoms with Crippen LogP contribution in [0.25, 0.3) is 0 Å². The number of hydrogen-bond donors (Lipinski definition) is 1. The van der Waals surface area contributed by atoms with Crippen molar-refractivity contribution in [2.75, 3.05) is 39.7 Å². The molecule has 134 valence electrons. The molecule has 0 aliphatic rings. The third kappa shape index (κ3) is 5.96. The quantitative estimate of drug-likeness (QED) is 0.781. The summed E-state index contributed by atoms with van der Waals surface area (Å²) in [6, 6.07) is 12.9. The van der Waals surface area contributed by atoms with Crippen LogP contribution in [0.3, 0.4) is 0 Å². The van der Waals surface area contributed by atoms with Crippen molar-refractivity contribution >= 4 is 23.2 Å². The predicted molar refractivity (Wildman–Crippen MR) is 101 cm³/mol. The van der Waals surface area contributed by atoms with Crippen molar-refractivity contribution in [3.05, 3.63) is 53.1 Å². The van der Waals surface area contributed by atoms with E-state index in [1.54, 1.807) is 38.5 Å². The topological polar surface area (TPSA) is 50.8 Å². The average molecular weight is 363 g/mol. The fourth-order valence-electron chi connectivity index (χ4n) is 2.41. The summed E-state index contributed by atoms with van der Waals surface area (Å²) in [4.78, 5) is 14.1. The van der Waals surface area contributed by atoms with E-state index in [1.165, 1.54) is 0 Å². The van der Waals surface area contributed by atoms with E-state index in [-0.39, 0.29) is 5.91 Å². The Morgan fingerprint density at radius 3 is 2.40 bits per heavy atom. The molecule has 5 nitrogen and oxygen atoms in total. The van der Waals surface area contributed by atoms with E-state index < -0.39 is 0 Å². The van der Waals surface area contributed by atoms with Crippen LogP contribution < -0.4 is 14.8 Å². The maximum atomic E-state index is 12.1. The summed E-state index contributed by atoms with van der Waals surface area (Å²) in [6.45, 7) is 1.07. The summed E-state index contributed by atoms with van der Waals surface area (Å²) in [5, 5.41) is 3.50. The summed E-state index contributed by atoms with van der Waals surface area (Å²) in [7, 11) is 5.15. The second-order valence-electron chi connectivity index (χ2n) is 5.73. The maximum absolute atomic E-state index is 12.1. The molecule has 0 aromatic heterocycles. The van der Waals surface area contributed by atoms with E-state index in [0.717, 1.165) is 24.2 Å². The van der Waals surface area contributed by atoms with Gasteiger partial charge < -0.3 is 14.8 Å². The number of ether oxygens (including phenoxy) is 2. The molecule has 0 fully saturated rings. The van der Waals surface area contributed by atoms with Crippen LogP contribution in [-0.4, -0.2) is 45.2 Å². The van der Waals surface area contributed by atoms with Gasteiger partial charge in [0, 0.05) is 17.3 Å². The van der Waals surface area contributed by atoms with Crippen LogP contribution in [0, 0.1) is 0 Å². The SMILES string of the molecule is COc1ccc(CCN(C)CC(=O)Nc2ccc(Cl)cc2)cc1OC. The first-order valence-electron chi connectivity index (χ1n) is 7.96. The summed E-state index contributed by atoms with van der Waals surface area (Å²) in [5.41, 5.74) is 1.87. The second-order valence-corrected chi connectivity index (χ2v) is 6.17. The van der Waals surface area contributed by atoms with Gasteiger partial charge in [-0.2, -0.15) is 0 Å². The first kappa shape index (κ1) is 19.1. The lowest BCUT2D eigenvalue weighted by Crippen LogP contribution is -2.31. The zero-order valence-electron chi connectivity index (χ0n) is 14.7. The molecule has 0 aliphatic heterocycles. The lowest BCUT2D eigenvalue weighted by atomic mass is 10.1. The standard InChI is InChI=1S/C19H23ClN2O3/c1-22(13-19(23)21-16-7-5-15(20)6-8-16)11-10-14-4-9-17(24-2)18(12-14)25-3/h4-9,12H,10-11,13H2,1-3H3,(H,21,23). The fraction of sp³-hybridized carbons (Fsp3) is 0.316. The first-order chi connectivity index (χ1) is 12.0. The van der Waals surface area contributed by atoms with Crippen LogP contribution >= 0.6 is 11.6 Å². The Bertz CT molecular complexity index is 704. The number of carbonyl (C=O) groups excluding carboxylic acids is 1. The second kappa shape index (κ2) is 9.30. The Balaban J connectivity index is 1.82. The Morgan fingerprint density at radius 2 is 1.76 bits per heavy atom. The Kier molecular flexibility index (Phi) is 7.10. The number of rotatable bonds is 8. The lowest BCUT2D eigenvalue weighted by molar-refractivity contribution is -0.117.